The Bertz CT molecular complexity index is 1460. The zero-order valence-electron chi connectivity index (χ0n) is 19.0. The molecule has 2 aromatic carbocycles. The number of halogens is 1. The zero-order valence-corrected chi connectivity index (χ0v) is 19.0. The predicted octanol–water partition coefficient (Wildman–Crippen LogP) is 3.31. The molecule has 34 heavy (non-hydrogen) atoms. The van der Waals surface area contributed by atoms with Gasteiger partial charge in [-0.25, -0.2) is 9.37 Å². The number of aromatic nitrogens is 4. The summed E-state index contributed by atoms with van der Waals surface area (Å²) in [5.41, 5.74) is 9.00. The molecule has 1 atom stereocenters. The van der Waals surface area contributed by atoms with E-state index in [0.717, 1.165) is 29.4 Å². The quantitative estimate of drug-likeness (QED) is 0.508. The van der Waals surface area contributed by atoms with Gasteiger partial charge < -0.3 is 10.6 Å². The van der Waals surface area contributed by atoms with Crippen LogP contribution in [-0.2, 0) is 7.05 Å². The number of amides is 1. The van der Waals surface area contributed by atoms with Crippen LogP contribution in [0.3, 0.4) is 0 Å². The summed E-state index contributed by atoms with van der Waals surface area (Å²) in [6.45, 7) is 2.93. The van der Waals surface area contributed by atoms with E-state index in [-0.39, 0.29) is 17.5 Å². The Hall–Kier alpha value is -4.03. The highest BCUT2D eigenvalue weighted by Gasteiger charge is 2.28. The van der Waals surface area contributed by atoms with E-state index in [4.69, 9.17) is 16.0 Å². The minimum atomic E-state index is -0.637. The van der Waals surface area contributed by atoms with E-state index >= 15 is 0 Å². The Kier molecular flexibility index (Phi) is 5.38. The molecule has 5 rings (SSSR count). The summed E-state index contributed by atoms with van der Waals surface area (Å²) in [5.74, 6) is -0.413. The lowest BCUT2D eigenvalue weighted by molar-refractivity contribution is 0.0702. The molecule has 1 amide bonds. The number of nitriles is 1. The Balaban J connectivity index is 1.68. The summed E-state index contributed by atoms with van der Waals surface area (Å²) in [4.78, 5) is 19.9. The maximum atomic E-state index is 14.5. The molecule has 0 saturated carbocycles. The number of piperidine rings is 1. The second-order valence-corrected chi connectivity index (χ2v) is 8.71. The van der Waals surface area contributed by atoms with Crippen LogP contribution in [0.5, 0.6) is 0 Å². The standard InChI is InChI=1S/C25H24FN7O/c1-15-23(25(34)32-9-3-4-19(28)14-32)29-24(16-5-6-17(12-27)21(26)10-16)33(15)20-8-7-18-13-31(2)30-22(18)11-20/h5-8,10-11,13,19H,3-4,9,14,28H2,1-2H3/t19-/m1/s1. The van der Waals surface area contributed by atoms with Crippen molar-refractivity contribution in [2.45, 2.75) is 25.8 Å². The highest BCUT2D eigenvalue weighted by Crippen LogP contribution is 2.30. The van der Waals surface area contributed by atoms with E-state index in [1.807, 2.05) is 49.0 Å². The van der Waals surface area contributed by atoms with Gasteiger partial charge in [0.15, 0.2) is 0 Å². The molecule has 1 aliphatic rings. The number of nitrogens with zero attached hydrogens (tertiary/aromatic N) is 6. The first-order valence-corrected chi connectivity index (χ1v) is 11.1. The Morgan fingerprint density at radius 3 is 2.82 bits per heavy atom. The molecule has 2 N–H and O–H groups in total. The van der Waals surface area contributed by atoms with E-state index in [0.29, 0.717) is 35.9 Å². The average Bonchev–Trinajstić information content (AvgIpc) is 3.36. The molecule has 0 bridgehead atoms. The molecule has 1 fully saturated rings. The van der Waals surface area contributed by atoms with Gasteiger partial charge in [-0.05, 0) is 56.2 Å². The Morgan fingerprint density at radius 1 is 1.26 bits per heavy atom. The second kappa shape index (κ2) is 8.39. The number of benzene rings is 2. The molecule has 2 aromatic heterocycles. The number of aryl methyl sites for hydroxylation is 1. The first kappa shape index (κ1) is 21.8. The highest BCUT2D eigenvalue weighted by molar-refractivity contribution is 5.95. The van der Waals surface area contributed by atoms with Gasteiger partial charge in [-0.2, -0.15) is 10.4 Å². The van der Waals surface area contributed by atoms with E-state index in [1.54, 1.807) is 15.6 Å². The van der Waals surface area contributed by atoms with Crippen LogP contribution in [0, 0.1) is 24.1 Å². The van der Waals surface area contributed by atoms with Crippen molar-refractivity contribution in [3.63, 3.8) is 0 Å². The van der Waals surface area contributed by atoms with Gasteiger partial charge in [0.1, 0.15) is 23.4 Å². The maximum Gasteiger partial charge on any atom is 0.274 e. The fourth-order valence-electron chi connectivity index (χ4n) is 4.57. The first-order valence-electron chi connectivity index (χ1n) is 11.1. The minimum Gasteiger partial charge on any atom is -0.336 e. The molecule has 172 valence electrons. The van der Waals surface area contributed by atoms with Gasteiger partial charge in [0.2, 0.25) is 0 Å². The van der Waals surface area contributed by atoms with Crippen molar-refractivity contribution in [2.75, 3.05) is 13.1 Å². The summed E-state index contributed by atoms with van der Waals surface area (Å²) >= 11 is 0. The number of carbonyl (C=O) groups excluding carboxylic acids is 1. The SMILES string of the molecule is Cc1c(C(=O)N2CCC[C@@H](N)C2)nc(-c2ccc(C#N)c(F)c2)n1-c1ccc2cn(C)nc2c1. The molecule has 0 unspecified atom stereocenters. The lowest BCUT2D eigenvalue weighted by Gasteiger charge is -2.30. The number of hydrogen-bond donors (Lipinski definition) is 1. The van der Waals surface area contributed by atoms with Crippen molar-refractivity contribution in [1.82, 2.24) is 24.2 Å². The summed E-state index contributed by atoms with van der Waals surface area (Å²) in [5, 5.41) is 14.6. The van der Waals surface area contributed by atoms with Gasteiger partial charge in [0, 0.05) is 49.0 Å². The summed E-state index contributed by atoms with van der Waals surface area (Å²) < 4.78 is 18.1. The van der Waals surface area contributed by atoms with Crippen LogP contribution < -0.4 is 5.73 Å². The summed E-state index contributed by atoms with van der Waals surface area (Å²) in [7, 11) is 1.85. The van der Waals surface area contributed by atoms with Crippen molar-refractivity contribution in [2.24, 2.45) is 12.8 Å². The van der Waals surface area contributed by atoms with Crippen LogP contribution in [0.1, 0.15) is 34.6 Å². The van der Waals surface area contributed by atoms with Crippen molar-refractivity contribution < 1.29 is 9.18 Å². The largest absolute Gasteiger partial charge is 0.336 e. The number of likely N-dealkylation sites (tertiary alicyclic amines) is 1. The van der Waals surface area contributed by atoms with Crippen molar-refractivity contribution in [3.05, 3.63) is 65.4 Å². The molecule has 0 radical (unpaired) electrons. The van der Waals surface area contributed by atoms with Gasteiger partial charge in [-0.1, -0.05) is 0 Å². The molecule has 1 aliphatic heterocycles. The molecular formula is C25H24FN7O. The lowest BCUT2D eigenvalue weighted by Crippen LogP contribution is -2.46. The van der Waals surface area contributed by atoms with Crippen LogP contribution in [-0.4, -0.2) is 49.3 Å². The topological polar surface area (TPSA) is 106 Å². The zero-order chi connectivity index (χ0) is 24.0. The number of hydrogen-bond acceptors (Lipinski definition) is 5. The molecule has 3 heterocycles. The van der Waals surface area contributed by atoms with Gasteiger partial charge in [-0.15, -0.1) is 0 Å². The average molecular weight is 458 g/mol. The van der Waals surface area contributed by atoms with Crippen LogP contribution >= 0.6 is 0 Å². The van der Waals surface area contributed by atoms with Crippen LogP contribution in [0.25, 0.3) is 28.0 Å². The fourth-order valence-corrected chi connectivity index (χ4v) is 4.57. The third kappa shape index (κ3) is 3.72. The van der Waals surface area contributed by atoms with Crippen LogP contribution in [0.2, 0.25) is 0 Å². The number of nitrogens with two attached hydrogens (primary N) is 1. The summed E-state index contributed by atoms with van der Waals surface area (Å²) in [6.07, 6.45) is 3.65. The van der Waals surface area contributed by atoms with Gasteiger partial charge in [0.25, 0.3) is 5.91 Å². The third-order valence-corrected chi connectivity index (χ3v) is 6.27. The smallest absolute Gasteiger partial charge is 0.274 e. The van der Waals surface area contributed by atoms with Gasteiger partial charge in [0.05, 0.1) is 16.8 Å². The maximum absolute atomic E-state index is 14.5. The number of carbonyl (C=O) groups is 1. The van der Waals surface area contributed by atoms with Crippen LogP contribution in [0.15, 0.2) is 42.6 Å². The number of rotatable bonds is 3. The van der Waals surface area contributed by atoms with E-state index in [1.165, 1.54) is 12.1 Å². The van der Waals surface area contributed by atoms with Crippen molar-refractivity contribution >= 4 is 16.8 Å². The predicted molar refractivity (Wildman–Crippen MR) is 126 cm³/mol. The van der Waals surface area contributed by atoms with Crippen LogP contribution in [0.4, 0.5) is 4.39 Å². The molecule has 0 spiro atoms. The molecule has 4 aromatic rings. The van der Waals surface area contributed by atoms with Gasteiger partial charge >= 0.3 is 0 Å². The highest BCUT2D eigenvalue weighted by atomic mass is 19.1. The van der Waals surface area contributed by atoms with E-state index < -0.39 is 5.82 Å². The molecule has 9 heteroatoms. The second-order valence-electron chi connectivity index (χ2n) is 8.71. The molecule has 1 saturated heterocycles. The molecule has 0 aliphatic carbocycles. The molecular weight excluding hydrogens is 433 g/mol. The Morgan fingerprint density at radius 2 is 2.09 bits per heavy atom. The van der Waals surface area contributed by atoms with E-state index in [2.05, 4.69) is 5.10 Å². The number of fused-ring (bicyclic) bond motifs is 1. The number of imidazole rings is 1. The van der Waals surface area contributed by atoms with Gasteiger partial charge in [-0.3, -0.25) is 14.0 Å². The minimum absolute atomic E-state index is 0.0490. The van der Waals surface area contributed by atoms with Crippen molar-refractivity contribution in [1.29, 1.82) is 5.26 Å². The first-order chi connectivity index (χ1) is 16.4. The molecule has 8 nitrogen and oxygen atoms in total. The fraction of sp³-hybridized carbons (Fsp3) is 0.280. The lowest BCUT2D eigenvalue weighted by atomic mass is 10.1. The van der Waals surface area contributed by atoms with E-state index in [9.17, 15) is 9.18 Å². The third-order valence-electron chi connectivity index (χ3n) is 6.27. The van der Waals surface area contributed by atoms with Crippen molar-refractivity contribution in [3.8, 4) is 23.1 Å². The monoisotopic (exact) mass is 457 g/mol. The normalized spacial score (nSPS) is 16.1. The Labute approximate surface area is 196 Å². The summed E-state index contributed by atoms with van der Waals surface area (Å²) in [6, 6.07) is 11.9.